The van der Waals surface area contributed by atoms with Crippen LogP contribution < -0.4 is 15.5 Å². The summed E-state index contributed by atoms with van der Waals surface area (Å²) in [5.41, 5.74) is 1.34. The van der Waals surface area contributed by atoms with E-state index in [0.717, 1.165) is 10.8 Å². The summed E-state index contributed by atoms with van der Waals surface area (Å²) < 4.78 is 13.1. The molecule has 27 heavy (non-hydrogen) atoms. The van der Waals surface area contributed by atoms with Gasteiger partial charge < -0.3 is 15.5 Å². The van der Waals surface area contributed by atoms with E-state index >= 15 is 0 Å². The number of benzene rings is 3. The fraction of sp³-hybridized carbons (Fsp3) is 0.143. The van der Waals surface area contributed by atoms with E-state index in [9.17, 15) is 14.0 Å². The number of anilines is 2. The zero-order valence-electron chi connectivity index (χ0n) is 14.5. The second-order valence-corrected chi connectivity index (χ2v) is 6.51. The Morgan fingerprint density at radius 2 is 1.74 bits per heavy atom. The monoisotopic (exact) mass is 363 g/mol. The van der Waals surface area contributed by atoms with E-state index in [4.69, 9.17) is 0 Å². The molecule has 1 saturated heterocycles. The molecule has 136 valence electrons. The molecule has 1 aliphatic rings. The average molecular weight is 363 g/mol. The zero-order chi connectivity index (χ0) is 18.8. The lowest BCUT2D eigenvalue weighted by molar-refractivity contribution is -0.117. The predicted octanol–water partition coefficient (Wildman–Crippen LogP) is 3.91. The Hall–Kier alpha value is -3.41. The minimum absolute atomic E-state index is 0.0999. The van der Waals surface area contributed by atoms with E-state index in [2.05, 4.69) is 10.6 Å². The molecular weight excluding hydrogens is 345 g/mol. The molecule has 1 unspecified atom stereocenters. The van der Waals surface area contributed by atoms with Gasteiger partial charge in [0.1, 0.15) is 5.82 Å². The Balaban J connectivity index is 1.43. The number of hydrogen-bond acceptors (Lipinski definition) is 2. The topological polar surface area (TPSA) is 61.4 Å². The summed E-state index contributed by atoms with van der Waals surface area (Å²) in [5.74, 6) is -0.452. The van der Waals surface area contributed by atoms with Gasteiger partial charge in [-0.3, -0.25) is 4.79 Å². The molecule has 0 radical (unpaired) electrons. The molecule has 2 N–H and O–H groups in total. The summed E-state index contributed by atoms with van der Waals surface area (Å²) in [6.07, 6.45) is 0.209. The molecule has 5 nitrogen and oxygen atoms in total. The van der Waals surface area contributed by atoms with Crippen molar-refractivity contribution >= 4 is 34.1 Å². The zero-order valence-corrected chi connectivity index (χ0v) is 14.5. The Kier molecular flexibility index (Phi) is 4.46. The van der Waals surface area contributed by atoms with Gasteiger partial charge in [-0.2, -0.15) is 0 Å². The summed E-state index contributed by atoms with van der Waals surface area (Å²) in [7, 11) is 0. The third-order valence-electron chi connectivity index (χ3n) is 4.64. The molecule has 3 amide bonds. The van der Waals surface area contributed by atoms with Crippen molar-refractivity contribution in [3.8, 4) is 0 Å². The number of urea groups is 1. The standard InChI is InChI=1S/C21H18FN3O2/c22-15-8-10-17(11-9-15)25-13-16(12-20(25)26)23-21(27)24-19-7-3-5-14-4-1-2-6-18(14)19/h1-11,16H,12-13H2,(H2,23,24,27). The summed E-state index contributed by atoms with van der Waals surface area (Å²) in [5, 5.41) is 7.69. The smallest absolute Gasteiger partial charge is 0.319 e. The van der Waals surface area contributed by atoms with Gasteiger partial charge in [-0.15, -0.1) is 0 Å². The van der Waals surface area contributed by atoms with E-state index in [0.29, 0.717) is 17.9 Å². The van der Waals surface area contributed by atoms with Crippen molar-refractivity contribution in [1.29, 1.82) is 0 Å². The Morgan fingerprint density at radius 1 is 1.00 bits per heavy atom. The molecule has 1 heterocycles. The Labute approximate surface area is 155 Å². The molecule has 6 heteroatoms. The van der Waals surface area contributed by atoms with Gasteiger partial charge in [-0.25, -0.2) is 9.18 Å². The van der Waals surface area contributed by atoms with E-state index in [1.807, 2.05) is 42.5 Å². The largest absolute Gasteiger partial charge is 0.333 e. The molecule has 0 saturated carbocycles. The number of fused-ring (bicyclic) bond motifs is 1. The molecule has 4 rings (SSSR count). The predicted molar refractivity (Wildman–Crippen MR) is 103 cm³/mol. The van der Waals surface area contributed by atoms with E-state index in [1.54, 1.807) is 17.0 Å². The molecule has 1 fully saturated rings. The van der Waals surface area contributed by atoms with Gasteiger partial charge in [0.25, 0.3) is 0 Å². The highest BCUT2D eigenvalue weighted by molar-refractivity contribution is 6.02. The first kappa shape index (κ1) is 17.0. The highest BCUT2D eigenvalue weighted by Gasteiger charge is 2.31. The number of nitrogens with one attached hydrogen (secondary N) is 2. The average Bonchev–Trinajstić information content (AvgIpc) is 3.02. The summed E-state index contributed by atoms with van der Waals surface area (Å²) in [6, 6.07) is 18.6. The van der Waals surface area contributed by atoms with Crippen LogP contribution in [-0.2, 0) is 4.79 Å². The molecular formula is C21H18FN3O2. The second kappa shape index (κ2) is 7.07. The minimum Gasteiger partial charge on any atom is -0.333 e. The maximum atomic E-state index is 13.1. The Morgan fingerprint density at radius 3 is 2.56 bits per heavy atom. The summed E-state index contributed by atoms with van der Waals surface area (Å²) >= 11 is 0. The number of halogens is 1. The number of amides is 3. The lowest BCUT2D eigenvalue weighted by Crippen LogP contribution is -2.39. The van der Waals surface area contributed by atoms with Crippen molar-refractivity contribution in [2.75, 3.05) is 16.8 Å². The van der Waals surface area contributed by atoms with Crippen molar-refractivity contribution < 1.29 is 14.0 Å². The Bertz CT molecular complexity index is 998. The molecule has 0 aromatic heterocycles. The molecule has 0 bridgehead atoms. The van der Waals surface area contributed by atoms with Crippen LogP contribution in [0.15, 0.2) is 66.7 Å². The van der Waals surface area contributed by atoms with Crippen LogP contribution in [0.2, 0.25) is 0 Å². The van der Waals surface area contributed by atoms with Crippen LogP contribution >= 0.6 is 0 Å². The lowest BCUT2D eigenvalue weighted by atomic mass is 10.1. The highest BCUT2D eigenvalue weighted by atomic mass is 19.1. The second-order valence-electron chi connectivity index (χ2n) is 6.51. The van der Waals surface area contributed by atoms with Gasteiger partial charge in [-0.1, -0.05) is 36.4 Å². The summed E-state index contributed by atoms with van der Waals surface area (Å²) in [4.78, 5) is 26.2. The van der Waals surface area contributed by atoms with Gasteiger partial charge in [-0.05, 0) is 35.7 Å². The van der Waals surface area contributed by atoms with E-state index in [-0.39, 0.29) is 30.2 Å². The van der Waals surface area contributed by atoms with Crippen LogP contribution in [0.25, 0.3) is 10.8 Å². The fourth-order valence-corrected chi connectivity index (χ4v) is 3.35. The van der Waals surface area contributed by atoms with Crippen LogP contribution in [0.1, 0.15) is 6.42 Å². The van der Waals surface area contributed by atoms with Crippen molar-refractivity contribution in [2.24, 2.45) is 0 Å². The lowest BCUT2D eigenvalue weighted by Gasteiger charge is -2.17. The fourth-order valence-electron chi connectivity index (χ4n) is 3.35. The third kappa shape index (κ3) is 3.60. The van der Waals surface area contributed by atoms with Crippen LogP contribution in [0, 0.1) is 5.82 Å². The number of carbonyl (C=O) groups is 2. The van der Waals surface area contributed by atoms with Gasteiger partial charge >= 0.3 is 6.03 Å². The first-order chi connectivity index (χ1) is 13.1. The molecule has 1 aliphatic heterocycles. The van der Waals surface area contributed by atoms with Crippen molar-refractivity contribution in [1.82, 2.24) is 5.32 Å². The minimum atomic E-state index is -0.356. The van der Waals surface area contributed by atoms with Crippen LogP contribution in [0.3, 0.4) is 0 Å². The maximum absolute atomic E-state index is 13.1. The van der Waals surface area contributed by atoms with E-state index in [1.165, 1.54) is 12.1 Å². The number of nitrogens with zero attached hydrogens (tertiary/aromatic N) is 1. The molecule has 3 aromatic rings. The molecule has 0 spiro atoms. The SMILES string of the molecule is O=C(Nc1cccc2ccccc12)NC1CC(=O)N(c2ccc(F)cc2)C1. The third-order valence-corrected chi connectivity index (χ3v) is 4.64. The first-order valence-corrected chi connectivity index (χ1v) is 8.71. The molecule has 3 aromatic carbocycles. The first-order valence-electron chi connectivity index (χ1n) is 8.71. The van der Waals surface area contributed by atoms with Crippen molar-refractivity contribution in [2.45, 2.75) is 12.5 Å². The number of rotatable bonds is 3. The van der Waals surface area contributed by atoms with Gasteiger partial charge in [0.05, 0.1) is 11.7 Å². The van der Waals surface area contributed by atoms with Gasteiger partial charge in [0.15, 0.2) is 0 Å². The van der Waals surface area contributed by atoms with Gasteiger partial charge in [0, 0.05) is 24.0 Å². The molecule has 1 atom stereocenters. The number of carbonyl (C=O) groups excluding carboxylic acids is 2. The van der Waals surface area contributed by atoms with Crippen molar-refractivity contribution in [3.63, 3.8) is 0 Å². The summed E-state index contributed by atoms with van der Waals surface area (Å²) in [6.45, 7) is 0.355. The van der Waals surface area contributed by atoms with E-state index < -0.39 is 0 Å². The van der Waals surface area contributed by atoms with Crippen LogP contribution in [-0.4, -0.2) is 24.5 Å². The van der Waals surface area contributed by atoms with Gasteiger partial charge in [0.2, 0.25) is 5.91 Å². The maximum Gasteiger partial charge on any atom is 0.319 e. The normalized spacial score (nSPS) is 16.6. The highest BCUT2D eigenvalue weighted by Crippen LogP contribution is 2.24. The van der Waals surface area contributed by atoms with Crippen LogP contribution in [0.5, 0.6) is 0 Å². The van der Waals surface area contributed by atoms with Crippen LogP contribution in [0.4, 0.5) is 20.6 Å². The number of hydrogen-bond donors (Lipinski definition) is 2. The van der Waals surface area contributed by atoms with Crippen molar-refractivity contribution in [3.05, 3.63) is 72.5 Å². The quantitative estimate of drug-likeness (QED) is 0.741. The molecule has 0 aliphatic carbocycles.